The number of amides is 1. The SMILES string of the molecule is CN(C(=O)CNCC(c1ccccc1)c1ccccc1)c1ccccc1. The average molecular weight is 344 g/mol. The normalized spacial score (nSPS) is 10.7. The molecule has 0 saturated carbocycles. The molecule has 0 spiro atoms. The van der Waals surface area contributed by atoms with Gasteiger partial charge in [0.15, 0.2) is 0 Å². The molecule has 1 amide bonds. The summed E-state index contributed by atoms with van der Waals surface area (Å²) in [7, 11) is 1.81. The number of carbonyl (C=O) groups is 1. The van der Waals surface area contributed by atoms with Gasteiger partial charge in [-0.05, 0) is 23.3 Å². The first kappa shape index (κ1) is 17.9. The molecule has 0 fully saturated rings. The molecule has 0 aromatic heterocycles. The van der Waals surface area contributed by atoms with Crippen molar-refractivity contribution < 1.29 is 4.79 Å². The third-order valence-corrected chi connectivity index (χ3v) is 4.55. The number of carbonyl (C=O) groups excluding carboxylic acids is 1. The van der Waals surface area contributed by atoms with Crippen LogP contribution in [0.4, 0.5) is 5.69 Å². The molecule has 3 nitrogen and oxygen atoms in total. The van der Waals surface area contributed by atoms with Gasteiger partial charge >= 0.3 is 0 Å². The van der Waals surface area contributed by atoms with Crippen LogP contribution in [0.25, 0.3) is 0 Å². The predicted octanol–water partition coefficient (Wildman–Crippen LogP) is 4.07. The molecule has 0 aliphatic rings. The van der Waals surface area contributed by atoms with E-state index in [9.17, 15) is 4.79 Å². The van der Waals surface area contributed by atoms with Crippen LogP contribution >= 0.6 is 0 Å². The van der Waals surface area contributed by atoms with Crippen molar-refractivity contribution >= 4 is 11.6 Å². The van der Waals surface area contributed by atoms with Gasteiger partial charge in [-0.1, -0.05) is 78.9 Å². The van der Waals surface area contributed by atoms with Crippen molar-refractivity contribution in [2.24, 2.45) is 0 Å². The Morgan fingerprint density at radius 2 is 1.27 bits per heavy atom. The molecule has 0 radical (unpaired) electrons. The molecular formula is C23H24N2O. The van der Waals surface area contributed by atoms with Crippen LogP contribution in [0.15, 0.2) is 91.0 Å². The Morgan fingerprint density at radius 3 is 1.77 bits per heavy atom. The molecule has 3 rings (SSSR count). The van der Waals surface area contributed by atoms with E-state index in [-0.39, 0.29) is 11.8 Å². The van der Waals surface area contributed by atoms with Crippen molar-refractivity contribution in [3.8, 4) is 0 Å². The van der Waals surface area contributed by atoms with E-state index in [4.69, 9.17) is 0 Å². The summed E-state index contributed by atoms with van der Waals surface area (Å²) in [6.07, 6.45) is 0. The maximum atomic E-state index is 12.5. The number of likely N-dealkylation sites (N-methyl/N-ethyl adjacent to an activating group) is 1. The van der Waals surface area contributed by atoms with E-state index in [2.05, 4.69) is 53.8 Å². The first-order valence-corrected chi connectivity index (χ1v) is 8.88. The second-order valence-corrected chi connectivity index (χ2v) is 6.29. The Kier molecular flexibility index (Phi) is 6.18. The van der Waals surface area contributed by atoms with Gasteiger partial charge in [0.25, 0.3) is 0 Å². The van der Waals surface area contributed by atoms with Gasteiger partial charge in [0.2, 0.25) is 5.91 Å². The fourth-order valence-corrected chi connectivity index (χ4v) is 3.04. The quantitative estimate of drug-likeness (QED) is 0.701. The minimum Gasteiger partial charge on any atom is -0.314 e. The van der Waals surface area contributed by atoms with Crippen LogP contribution in [-0.4, -0.2) is 26.0 Å². The topological polar surface area (TPSA) is 32.3 Å². The predicted molar refractivity (Wildman–Crippen MR) is 107 cm³/mol. The molecule has 26 heavy (non-hydrogen) atoms. The lowest BCUT2D eigenvalue weighted by molar-refractivity contribution is -0.117. The van der Waals surface area contributed by atoms with Gasteiger partial charge in [-0.15, -0.1) is 0 Å². The molecule has 3 aromatic rings. The fraction of sp³-hybridized carbons (Fsp3) is 0.174. The standard InChI is InChI=1S/C23H24N2O/c1-25(21-15-9-4-10-16-21)23(26)18-24-17-22(19-11-5-2-6-12-19)20-13-7-3-8-14-20/h2-16,22,24H,17-18H2,1H3. The van der Waals surface area contributed by atoms with E-state index in [0.29, 0.717) is 13.1 Å². The Labute approximate surface area is 155 Å². The van der Waals surface area contributed by atoms with Crippen LogP contribution in [0.5, 0.6) is 0 Å². The summed E-state index contributed by atoms with van der Waals surface area (Å²) < 4.78 is 0. The summed E-state index contributed by atoms with van der Waals surface area (Å²) in [5.74, 6) is 0.267. The van der Waals surface area contributed by atoms with Crippen LogP contribution in [-0.2, 0) is 4.79 Å². The molecule has 3 heteroatoms. The number of nitrogens with zero attached hydrogens (tertiary/aromatic N) is 1. The number of hydrogen-bond donors (Lipinski definition) is 1. The molecule has 0 bridgehead atoms. The van der Waals surface area contributed by atoms with Crippen molar-refractivity contribution in [2.75, 3.05) is 25.0 Å². The highest BCUT2D eigenvalue weighted by molar-refractivity contribution is 5.94. The second kappa shape index (κ2) is 8.97. The third-order valence-electron chi connectivity index (χ3n) is 4.55. The van der Waals surface area contributed by atoms with Gasteiger partial charge < -0.3 is 10.2 Å². The van der Waals surface area contributed by atoms with E-state index in [1.165, 1.54) is 11.1 Å². The Hall–Kier alpha value is -2.91. The highest BCUT2D eigenvalue weighted by atomic mass is 16.2. The summed E-state index contributed by atoms with van der Waals surface area (Å²) in [4.78, 5) is 14.1. The maximum absolute atomic E-state index is 12.5. The number of benzene rings is 3. The first-order valence-electron chi connectivity index (χ1n) is 8.88. The summed E-state index contributed by atoms with van der Waals surface area (Å²) in [5, 5.41) is 3.34. The van der Waals surface area contributed by atoms with Crippen LogP contribution in [0.2, 0.25) is 0 Å². The lowest BCUT2D eigenvalue weighted by Gasteiger charge is -2.21. The lowest BCUT2D eigenvalue weighted by atomic mass is 9.91. The molecule has 0 aliphatic heterocycles. The molecular weight excluding hydrogens is 320 g/mol. The van der Waals surface area contributed by atoms with Crippen molar-refractivity contribution in [1.29, 1.82) is 0 Å². The highest BCUT2D eigenvalue weighted by Crippen LogP contribution is 2.23. The Morgan fingerprint density at radius 1 is 0.808 bits per heavy atom. The molecule has 0 atom stereocenters. The number of para-hydroxylation sites is 1. The van der Waals surface area contributed by atoms with Crippen LogP contribution in [0.3, 0.4) is 0 Å². The largest absolute Gasteiger partial charge is 0.314 e. The zero-order chi connectivity index (χ0) is 18.2. The number of hydrogen-bond acceptors (Lipinski definition) is 2. The number of nitrogens with one attached hydrogen (secondary N) is 1. The molecule has 3 aromatic carbocycles. The molecule has 0 saturated heterocycles. The fourth-order valence-electron chi connectivity index (χ4n) is 3.04. The monoisotopic (exact) mass is 344 g/mol. The van der Waals surface area contributed by atoms with Gasteiger partial charge in [0, 0.05) is 25.2 Å². The zero-order valence-electron chi connectivity index (χ0n) is 15.0. The van der Waals surface area contributed by atoms with Crippen molar-refractivity contribution in [2.45, 2.75) is 5.92 Å². The van der Waals surface area contributed by atoms with E-state index < -0.39 is 0 Å². The average Bonchev–Trinajstić information content (AvgIpc) is 2.72. The number of rotatable bonds is 7. The smallest absolute Gasteiger partial charge is 0.240 e. The molecule has 1 N–H and O–H groups in total. The Balaban J connectivity index is 1.64. The summed E-state index contributed by atoms with van der Waals surface area (Å²) in [6.45, 7) is 1.02. The number of anilines is 1. The minimum atomic E-state index is 0.0519. The summed E-state index contributed by atoms with van der Waals surface area (Å²) >= 11 is 0. The zero-order valence-corrected chi connectivity index (χ0v) is 15.0. The highest BCUT2D eigenvalue weighted by Gasteiger charge is 2.15. The molecule has 0 aliphatic carbocycles. The van der Waals surface area contributed by atoms with E-state index in [1.807, 2.05) is 49.5 Å². The van der Waals surface area contributed by atoms with Gasteiger partial charge in [0.05, 0.1) is 6.54 Å². The van der Waals surface area contributed by atoms with Crippen molar-refractivity contribution in [3.05, 3.63) is 102 Å². The van der Waals surface area contributed by atoms with Crippen LogP contribution in [0.1, 0.15) is 17.0 Å². The maximum Gasteiger partial charge on any atom is 0.240 e. The Bertz CT molecular complexity index is 764. The minimum absolute atomic E-state index is 0.0519. The first-order chi connectivity index (χ1) is 12.8. The van der Waals surface area contributed by atoms with E-state index >= 15 is 0 Å². The van der Waals surface area contributed by atoms with Gasteiger partial charge in [-0.3, -0.25) is 4.79 Å². The second-order valence-electron chi connectivity index (χ2n) is 6.29. The molecule has 0 unspecified atom stereocenters. The van der Waals surface area contributed by atoms with Gasteiger partial charge in [-0.2, -0.15) is 0 Å². The third kappa shape index (κ3) is 4.58. The molecule has 0 heterocycles. The summed E-state index contributed by atoms with van der Waals surface area (Å²) in [5.41, 5.74) is 3.40. The van der Waals surface area contributed by atoms with Crippen LogP contribution in [0, 0.1) is 0 Å². The van der Waals surface area contributed by atoms with Crippen LogP contribution < -0.4 is 10.2 Å². The van der Waals surface area contributed by atoms with Gasteiger partial charge in [0.1, 0.15) is 0 Å². The van der Waals surface area contributed by atoms with Gasteiger partial charge in [-0.25, -0.2) is 0 Å². The van der Waals surface area contributed by atoms with Crippen molar-refractivity contribution in [1.82, 2.24) is 5.32 Å². The van der Waals surface area contributed by atoms with E-state index in [0.717, 1.165) is 5.69 Å². The lowest BCUT2D eigenvalue weighted by Crippen LogP contribution is -2.37. The van der Waals surface area contributed by atoms with Crippen molar-refractivity contribution in [3.63, 3.8) is 0 Å². The molecule has 132 valence electrons. The summed E-state index contributed by atoms with van der Waals surface area (Å²) in [6, 6.07) is 30.5. The van der Waals surface area contributed by atoms with E-state index in [1.54, 1.807) is 4.90 Å².